The zero-order valence-corrected chi connectivity index (χ0v) is 15.9. The molecule has 0 aromatic heterocycles. The fourth-order valence-electron chi connectivity index (χ4n) is 2.41. The van der Waals surface area contributed by atoms with Crippen molar-refractivity contribution in [2.75, 3.05) is 17.6 Å². The summed E-state index contributed by atoms with van der Waals surface area (Å²) in [6.45, 7) is 5.76. The number of anilines is 1. The summed E-state index contributed by atoms with van der Waals surface area (Å²) >= 11 is 0. The van der Waals surface area contributed by atoms with Crippen LogP contribution in [0.15, 0.2) is 61.2 Å². The highest BCUT2D eigenvalue weighted by atomic mass is 32.2. The van der Waals surface area contributed by atoms with Gasteiger partial charge in [0.1, 0.15) is 5.75 Å². The van der Waals surface area contributed by atoms with Gasteiger partial charge in [-0.3, -0.25) is 9.59 Å². The molecule has 0 aliphatic heterocycles. The van der Waals surface area contributed by atoms with E-state index in [1.807, 2.05) is 19.1 Å². The van der Waals surface area contributed by atoms with E-state index in [1.165, 1.54) is 6.07 Å². The number of aryl methyl sites for hydroxylation is 1. The summed E-state index contributed by atoms with van der Waals surface area (Å²) in [5.74, 6) is -1.87. The van der Waals surface area contributed by atoms with E-state index in [4.69, 9.17) is 0 Å². The van der Waals surface area contributed by atoms with Gasteiger partial charge >= 0.3 is 0 Å². The van der Waals surface area contributed by atoms with Crippen molar-refractivity contribution in [2.24, 2.45) is 0 Å². The zero-order valence-electron chi connectivity index (χ0n) is 15.1. The monoisotopic (exact) mass is 386 g/mol. The average molecular weight is 386 g/mol. The van der Waals surface area contributed by atoms with Crippen molar-refractivity contribution in [2.45, 2.75) is 12.7 Å². The fraction of sp³-hybridized carbons (Fsp3) is 0.200. The van der Waals surface area contributed by atoms with Crippen LogP contribution >= 0.6 is 0 Å². The third kappa shape index (κ3) is 6.71. The summed E-state index contributed by atoms with van der Waals surface area (Å²) in [4.78, 5) is 24.0. The number of carbonyl (C=O) groups is 2. The molecule has 142 valence electrons. The predicted octanol–water partition coefficient (Wildman–Crippen LogP) is 2.46. The molecule has 0 aliphatic rings. The first-order chi connectivity index (χ1) is 12.8. The van der Waals surface area contributed by atoms with Crippen LogP contribution in [0, 0.1) is 6.92 Å². The van der Waals surface area contributed by atoms with Crippen molar-refractivity contribution >= 4 is 27.3 Å². The van der Waals surface area contributed by atoms with E-state index in [-0.39, 0.29) is 11.7 Å². The molecule has 27 heavy (non-hydrogen) atoms. The number of benzene rings is 2. The van der Waals surface area contributed by atoms with Gasteiger partial charge in [-0.15, -0.1) is 6.58 Å². The van der Waals surface area contributed by atoms with Crippen molar-refractivity contribution in [3.63, 3.8) is 0 Å². The number of sulfone groups is 1. The highest BCUT2D eigenvalue weighted by Crippen LogP contribution is 2.12. The van der Waals surface area contributed by atoms with Gasteiger partial charge in [0.2, 0.25) is 5.91 Å². The molecule has 0 fully saturated rings. The Balaban J connectivity index is 2.00. The fourth-order valence-corrected chi connectivity index (χ4v) is 3.67. The standard InChI is InChI=1S/C20H22N2O4S/c1-3-11-21-20(24)17-6-4-5-16(12-17)13-27(25,26)14-19(23)22-18-9-7-15(2)8-10-18/h3-10,12H,1,11,13-14H2,2H3,(H,21,24)(H,22,23). The van der Waals surface area contributed by atoms with Crippen molar-refractivity contribution in [3.05, 3.63) is 77.9 Å². The lowest BCUT2D eigenvalue weighted by atomic mass is 10.1. The lowest BCUT2D eigenvalue weighted by Crippen LogP contribution is -2.25. The Morgan fingerprint density at radius 1 is 1.11 bits per heavy atom. The maximum Gasteiger partial charge on any atom is 0.251 e. The summed E-state index contributed by atoms with van der Waals surface area (Å²) in [5.41, 5.74) is 2.39. The van der Waals surface area contributed by atoms with Crippen molar-refractivity contribution < 1.29 is 18.0 Å². The number of nitrogens with one attached hydrogen (secondary N) is 2. The Morgan fingerprint density at radius 2 is 1.81 bits per heavy atom. The Bertz CT molecular complexity index is 935. The Kier molecular flexibility index (Phi) is 6.90. The molecule has 2 N–H and O–H groups in total. The van der Waals surface area contributed by atoms with Crippen LogP contribution < -0.4 is 10.6 Å². The van der Waals surface area contributed by atoms with E-state index in [1.54, 1.807) is 36.4 Å². The molecule has 2 aromatic rings. The van der Waals surface area contributed by atoms with Crippen LogP contribution in [0.1, 0.15) is 21.5 Å². The highest BCUT2D eigenvalue weighted by molar-refractivity contribution is 7.91. The van der Waals surface area contributed by atoms with Crippen LogP contribution in [0.5, 0.6) is 0 Å². The van der Waals surface area contributed by atoms with Gasteiger partial charge in [-0.25, -0.2) is 8.42 Å². The van der Waals surface area contributed by atoms with Crippen molar-refractivity contribution in [1.82, 2.24) is 5.32 Å². The molecule has 2 rings (SSSR count). The third-order valence-electron chi connectivity index (χ3n) is 3.67. The van der Waals surface area contributed by atoms with E-state index in [9.17, 15) is 18.0 Å². The molecule has 0 saturated heterocycles. The number of amides is 2. The van der Waals surface area contributed by atoms with Crippen LogP contribution in [0.3, 0.4) is 0 Å². The quantitative estimate of drug-likeness (QED) is 0.682. The van der Waals surface area contributed by atoms with Crippen LogP contribution in [-0.2, 0) is 20.4 Å². The summed E-state index contributed by atoms with van der Waals surface area (Å²) in [6.07, 6.45) is 1.55. The molecule has 0 bridgehead atoms. The minimum Gasteiger partial charge on any atom is -0.349 e. The van der Waals surface area contributed by atoms with Gasteiger partial charge in [-0.2, -0.15) is 0 Å². The summed E-state index contributed by atoms with van der Waals surface area (Å²) in [6, 6.07) is 13.4. The third-order valence-corrected chi connectivity index (χ3v) is 5.14. The van der Waals surface area contributed by atoms with Gasteiger partial charge in [-0.1, -0.05) is 35.9 Å². The van der Waals surface area contributed by atoms with E-state index in [0.717, 1.165) is 5.56 Å². The van der Waals surface area contributed by atoms with Crippen molar-refractivity contribution in [3.8, 4) is 0 Å². The topological polar surface area (TPSA) is 92.3 Å². The molecule has 0 aliphatic carbocycles. The van der Waals surface area contributed by atoms with Crippen LogP contribution in [0.4, 0.5) is 5.69 Å². The molecule has 2 aromatic carbocycles. The Hall–Kier alpha value is -2.93. The summed E-state index contributed by atoms with van der Waals surface area (Å²) in [7, 11) is -3.68. The van der Waals surface area contributed by atoms with E-state index in [2.05, 4.69) is 17.2 Å². The van der Waals surface area contributed by atoms with E-state index < -0.39 is 21.5 Å². The normalized spacial score (nSPS) is 10.9. The minimum absolute atomic E-state index is 0.314. The first kappa shape index (κ1) is 20.4. The maximum atomic E-state index is 12.3. The van der Waals surface area contributed by atoms with Gasteiger partial charge < -0.3 is 10.6 Å². The summed E-state index contributed by atoms with van der Waals surface area (Å²) < 4.78 is 24.7. The van der Waals surface area contributed by atoms with Crippen LogP contribution in [-0.4, -0.2) is 32.5 Å². The average Bonchev–Trinajstić information content (AvgIpc) is 2.60. The molecular formula is C20H22N2O4S. The zero-order chi connectivity index (χ0) is 19.9. The number of carbonyl (C=O) groups excluding carboxylic acids is 2. The van der Waals surface area contributed by atoms with Gasteiger partial charge in [0.25, 0.3) is 5.91 Å². The van der Waals surface area contributed by atoms with Crippen LogP contribution in [0.2, 0.25) is 0 Å². The predicted molar refractivity (Wildman–Crippen MR) is 106 cm³/mol. The Labute approximate surface area is 159 Å². The first-order valence-corrected chi connectivity index (χ1v) is 10.2. The molecular weight excluding hydrogens is 364 g/mol. The van der Waals surface area contributed by atoms with E-state index >= 15 is 0 Å². The molecule has 0 atom stereocenters. The molecule has 2 amide bonds. The SMILES string of the molecule is C=CCNC(=O)c1cccc(CS(=O)(=O)CC(=O)Nc2ccc(C)cc2)c1. The molecule has 6 nitrogen and oxygen atoms in total. The van der Waals surface area contributed by atoms with Gasteiger partial charge in [-0.05, 0) is 36.8 Å². The second kappa shape index (κ2) is 9.14. The minimum atomic E-state index is -3.68. The van der Waals surface area contributed by atoms with Crippen molar-refractivity contribution in [1.29, 1.82) is 0 Å². The molecule has 7 heteroatoms. The largest absolute Gasteiger partial charge is 0.349 e. The van der Waals surface area contributed by atoms with Gasteiger partial charge in [0.05, 0.1) is 5.75 Å². The first-order valence-electron chi connectivity index (χ1n) is 8.34. The second-order valence-corrected chi connectivity index (χ2v) is 8.21. The number of hydrogen-bond acceptors (Lipinski definition) is 4. The number of hydrogen-bond donors (Lipinski definition) is 2. The second-order valence-electron chi connectivity index (χ2n) is 6.15. The van der Waals surface area contributed by atoms with E-state index in [0.29, 0.717) is 23.4 Å². The lowest BCUT2D eigenvalue weighted by molar-refractivity contribution is -0.113. The molecule has 0 saturated carbocycles. The maximum absolute atomic E-state index is 12.3. The molecule has 0 unspecified atom stereocenters. The lowest BCUT2D eigenvalue weighted by Gasteiger charge is -2.08. The molecule has 0 radical (unpaired) electrons. The van der Waals surface area contributed by atoms with Crippen LogP contribution in [0.25, 0.3) is 0 Å². The smallest absolute Gasteiger partial charge is 0.251 e. The Morgan fingerprint density at radius 3 is 2.48 bits per heavy atom. The van der Waals surface area contributed by atoms with Gasteiger partial charge in [0, 0.05) is 17.8 Å². The van der Waals surface area contributed by atoms with Gasteiger partial charge in [0.15, 0.2) is 9.84 Å². The summed E-state index contributed by atoms with van der Waals surface area (Å²) in [5, 5.41) is 5.20. The number of rotatable bonds is 8. The molecule has 0 heterocycles. The highest BCUT2D eigenvalue weighted by Gasteiger charge is 2.18. The molecule has 0 spiro atoms.